The number of benzene rings is 1. The van der Waals surface area contributed by atoms with Crippen molar-refractivity contribution in [3.63, 3.8) is 0 Å². The van der Waals surface area contributed by atoms with E-state index >= 15 is 0 Å². The van der Waals surface area contributed by atoms with E-state index in [1.54, 1.807) is 0 Å². The smallest absolute Gasteiger partial charge is 0.0758 e. The molecular formula is C14H18IN3. The predicted molar refractivity (Wildman–Crippen MR) is 82.6 cm³/mol. The molecule has 0 amide bonds. The minimum atomic E-state index is 0.203. The molecule has 96 valence electrons. The molecular weight excluding hydrogens is 337 g/mol. The lowest BCUT2D eigenvalue weighted by Gasteiger charge is -2.21. The highest BCUT2D eigenvalue weighted by molar-refractivity contribution is 14.1. The Bertz CT molecular complexity index is 534. The molecule has 1 aromatic carbocycles. The van der Waals surface area contributed by atoms with Crippen LogP contribution in [0, 0.1) is 10.5 Å². The van der Waals surface area contributed by atoms with E-state index in [1.807, 2.05) is 17.9 Å². The highest BCUT2D eigenvalue weighted by Crippen LogP contribution is 2.27. The van der Waals surface area contributed by atoms with Crippen molar-refractivity contribution in [1.82, 2.24) is 15.1 Å². The van der Waals surface area contributed by atoms with Crippen molar-refractivity contribution in [1.29, 1.82) is 0 Å². The molecule has 18 heavy (non-hydrogen) atoms. The van der Waals surface area contributed by atoms with E-state index < -0.39 is 0 Å². The zero-order chi connectivity index (χ0) is 13.1. The number of aromatic nitrogens is 2. The van der Waals surface area contributed by atoms with Gasteiger partial charge in [0, 0.05) is 16.8 Å². The van der Waals surface area contributed by atoms with E-state index in [9.17, 15) is 0 Å². The topological polar surface area (TPSA) is 29.9 Å². The van der Waals surface area contributed by atoms with E-state index in [0.29, 0.717) is 0 Å². The molecule has 4 heteroatoms. The summed E-state index contributed by atoms with van der Waals surface area (Å²) >= 11 is 2.43. The number of nitrogens with zero attached hydrogens (tertiary/aromatic N) is 2. The molecule has 1 aromatic heterocycles. The summed E-state index contributed by atoms with van der Waals surface area (Å²) in [6.45, 7) is 5.21. The van der Waals surface area contributed by atoms with Crippen molar-refractivity contribution in [3.05, 3.63) is 50.9 Å². The second-order valence-electron chi connectivity index (χ2n) is 4.35. The van der Waals surface area contributed by atoms with Crippen LogP contribution in [0.15, 0.2) is 30.5 Å². The first-order valence-electron chi connectivity index (χ1n) is 6.11. The average Bonchev–Trinajstić information content (AvgIpc) is 2.76. The highest BCUT2D eigenvalue weighted by atomic mass is 127. The predicted octanol–water partition coefficient (Wildman–Crippen LogP) is 3.03. The third-order valence-corrected chi connectivity index (χ3v) is 4.57. The van der Waals surface area contributed by atoms with Crippen molar-refractivity contribution in [2.75, 3.05) is 6.54 Å². The second kappa shape index (κ2) is 5.84. The summed E-state index contributed by atoms with van der Waals surface area (Å²) in [5.74, 6) is 0. The lowest BCUT2D eigenvalue weighted by molar-refractivity contribution is 0.570. The molecule has 2 aromatic rings. The number of hydrogen-bond donors (Lipinski definition) is 1. The SMILES string of the molecule is CCNC(c1cccc(C)c1I)c1ccnn1C. The third-order valence-electron chi connectivity index (χ3n) is 3.10. The van der Waals surface area contributed by atoms with Crippen LogP contribution in [0.5, 0.6) is 0 Å². The van der Waals surface area contributed by atoms with Gasteiger partial charge in [-0.15, -0.1) is 0 Å². The van der Waals surface area contributed by atoms with Gasteiger partial charge in [0.15, 0.2) is 0 Å². The number of nitrogens with one attached hydrogen (secondary N) is 1. The van der Waals surface area contributed by atoms with Crippen LogP contribution in [-0.4, -0.2) is 16.3 Å². The van der Waals surface area contributed by atoms with Crippen LogP contribution in [0.25, 0.3) is 0 Å². The van der Waals surface area contributed by atoms with E-state index in [1.165, 1.54) is 20.4 Å². The molecule has 3 nitrogen and oxygen atoms in total. The summed E-state index contributed by atoms with van der Waals surface area (Å²) in [6.07, 6.45) is 1.85. The molecule has 0 saturated carbocycles. The van der Waals surface area contributed by atoms with Crippen molar-refractivity contribution < 1.29 is 0 Å². The van der Waals surface area contributed by atoms with Gasteiger partial charge in [0.05, 0.1) is 11.7 Å². The fourth-order valence-electron chi connectivity index (χ4n) is 2.14. The Morgan fingerprint density at radius 2 is 2.17 bits per heavy atom. The van der Waals surface area contributed by atoms with Crippen LogP contribution in [0.4, 0.5) is 0 Å². The maximum Gasteiger partial charge on any atom is 0.0758 e. The van der Waals surface area contributed by atoms with Gasteiger partial charge in [-0.3, -0.25) is 4.68 Å². The van der Waals surface area contributed by atoms with Crippen LogP contribution in [-0.2, 0) is 7.05 Å². The highest BCUT2D eigenvalue weighted by Gasteiger charge is 2.19. The lowest BCUT2D eigenvalue weighted by atomic mass is 10.0. The molecule has 0 spiro atoms. The number of rotatable bonds is 4. The Morgan fingerprint density at radius 3 is 2.78 bits per heavy atom. The maximum atomic E-state index is 4.27. The van der Waals surface area contributed by atoms with Gasteiger partial charge >= 0.3 is 0 Å². The van der Waals surface area contributed by atoms with Crippen LogP contribution in [0.3, 0.4) is 0 Å². The first-order chi connectivity index (χ1) is 8.65. The molecule has 1 atom stereocenters. The minimum absolute atomic E-state index is 0.203. The van der Waals surface area contributed by atoms with Crippen LogP contribution >= 0.6 is 22.6 Å². The summed E-state index contributed by atoms with van der Waals surface area (Å²) in [4.78, 5) is 0. The maximum absolute atomic E-state index is 4.27. The molecule has 0 aliphatic carbocycles. The Hall–Kier alpha value is -0.880. The normalized spacial score (nSPS) is 12.7. The molecule has 1 N–H and O–H groups in total. The molecule has 1 heterocycles. The lowest BCUT2D eigenvalue weighted by Crippen LogP contribution is -2.25. The zero-order valence-corrected chi connectivity index (χ0v) is 13.1. The van der Waals surface area contributed by atoms with E-state index in [0.717, 1.165) is 6.54 Å². The molecule has 0 bridgehead atoms. The van der Waals surface area contributed by atoms with Gasteiger partial charge in [0.2, 0.25) is 0 Å². The van der Waals surface area contributed by atoms with Crippen molar-refractivity contribution in [2.24, 2.45) is 7.05 Å². The zero-order valence-electron chi connectivity index (χ0n) is 10.9. The van der Waals surface area contributed by atoms with Gasteiger partial charge in [-0.25, -0.2) is 0 Å². The minimum Gasteiger partial charge on any atom is -0.305 e. The van der Waals surface area contributed by atoms with Crippen LogP contribution in [0.2, 0.25) is 0 Å². The summed E-state index contributed by atoms with van der Waals surface area (Å²) in [6, 6.07) is 8.74. The molecule has 0 fully saturated rings. The third kappa shape index (κ3) is 2.59. The van der Waals surface area contributed by atoms with Gasteiger partial charge in [0.1, 0.15) is 0 Å². The molecule has 0 radical (unpaired) electrons. The van der Waals surface area contributed by atoms with Gasteiger partial charge in [-0.1, -0.05) is 25.1 Å². The largest absolute Gasteiger partial charge is 0.305 e. The summed E-state index contributed by atoms with van der Waals surface area (Å²) in [5.41, 5.74) is 3.83. The van der Waals surface area contributed by atoms with Gasteiger partial charge < -0.3 is 5.32 Å². The first-order valence-corrected chi connectivity index (χ1v) is 7.19. The average molecular weight is 355 g/mol. The van der Waals surface area contributed by atoms with Crippen LogP contribution in [0.1, 0.15) is 29.8 Å². The molecule has 0 aliphatic rings. The van der Waals surface area contributed by atoms with Crippen LogP contribution < -0.4 is 5.32 Å². The molecule has 1 unspecified atom stereocenters. The van der Waals surface area contributed by atoms with Crippen molar-refractivity contribution >= 4 is 22.6 Å². The van der Waals surface area contributed by atoms with Gasteiger partial charge in [-0.05, 0) is 53.3 Å². The Labute approximate surface area is 122 Å². The summed E-state index contributed by atoms with van der Waals surface area (Å²) in [5, 5.41) is 7.82. The monoisotopic (exact) mass is 355 g/mol. The second-order valence-corrected chi connectivity index (χ2v) is 5.43. The van der Waals surface area contributed by atoms with E-state index in [4.69, 9.17) is 0 Å². The Kier molecular flexibility index (Phi) is 4.40. The quantitative estimate of drug-likeness (QED) is 0.855. The molecule has 0 saturated heterocycles. The summed E-state index contributed by atoms with van der Waals surface area (Å²) < 4.78 is 3.26. The van der Waals surface area contributed by atoms with Crippen molar-refractivity contribution in [2.45, 2.75) is 19.9 Å². The Morgan fingerprint density at radius 1 is 1.39 bits per heavy atom. The van der Waals surface area contributed by atoms with Crippen molar-refractivity contribution in [3.8, 4) is 0 Å². The standard InChI is InChI=1S/C14H18IN3/c1-4-16-14(12-8-9-17-18(12)3)11-7-5-6-10(2)13(11)15/h5-9,14,16H,4H2,1-3H3. The molecule has 2 rings (SSSR count). The fourth-order valence-corrected chi connectivity index (χ4v) is 2.81. The van der Waals surface area contributed by atoms with Gasteiger partial charge in [-0.2, -0.15) is 5.10 Å². The Balaban J connectivity index is 2.48. The fraction of sp³-hybridized carbons (Fsp3) is 0.357. The number of hydrogen-bond acceptors (Lipinski definition) is 2. The first kappa shape index (κ1) is 13.5. The van der Waals surface area contributed by atoms with E-state index in [-0.39, 0.29) is 6.04 Å². The number of halogens is 1. The van der Waals surface area contributed by atoms with E-state index in [2.05, 4.69) is 71.1 Å². The number of aryl methyl sites for hydroxylation is 2. The summed E-state index contributed by atoms with van der Waals surface area (Å²) in [7, 11) is 1.99. The van der Waals surface area contributed by atoms with Gasteiger partial charge in [0.25, 0.3) is 0 Å². The molecule has 0 aliphatic heterocycles.